The monoisotopic (exact) mass is 292 g/mol. The molecule has 0 fully saturated rings. The van der Waals surface area contributed by atoms with Crippen LogP contribution in [0.25, 0.3) is 28.4 Å². The zero-order chi connectivity index (χ0) is 15.1. The molecule has 0 aliphatic heterocycles. The van der Waals surface area contributed by atoms with Crippen molar-refractivity contribution in [3.05, 3.63) is 64.9 Å². The molecule has 0 saturated carbocycles. The summed E-state index contributed by atoms with van der Waals surface area (Å²) in [6, 6.07) is 11.1. The van der Waals surface area contributed by atoms with Crippen molar-refractivity contribution in [2.75, 3.05) is 0 Å². The number of nitrogens with zero attached hydrogens (tertiary/aromatic N) is 3. The van der Waals surface area contributed by atoms with Gasteiger partial charge in [-0.15, -0.1) is 0 Å². The summed E-state index contributed by atoms with van der Waals surface area (Å²) in [5.74, 6) is 0.438. The van der Waals surface area contributed by atoms with Gasteiger partial charge in [-0.25, -0.2) is 14.5 Å². The van der Waals surface area contributed by atoms with Crippen molar-refractivity contribution in [3.63, 3.8) is 0 Å². The van der Waals surface area contributed by atoms with Crippen LogP contribution < -0.4 is 5.56 Å². The molecule has 3 aromatic heterocycles. The van der Waals surface area contributed by atoms with E-state index >= 15 is 0 Å². The van der Waals surface area contributed by atoms with Crippen molar-refractivity contribution in [1.82, 2.24) is 19.6 Å². The Morgan fingerprint density at radius 3 is 2.73 bits per heavy atom. The lowest BCUT2D eigenvalue weighted by molar-refractivity contribution is 0.574. The lowest BCUT2D eigenvalue weighted by Gasteiger charge is -2.01. The molecule has 4 rings (SSSR count). The minimum absolute atomic E-state index is 0.182. The van der Waals surface area contributed by atoms with Crippen molar-refractivity contribution < 1.29 is 4.42 Å². The van der Waals surface area contributed by atoms with Crippen LogP contribution in [0.15, 0.2) is 58.1 Å². The first-order valence-corrected chi connectivity index (χ1v) is 6.81. The molecule has 0 saturated heterocycles. The lowest BCUT2D eigenvalue weighted by Crippen LogP contribution is -2.14. The number of H-pyrrole nitrogens is 1. The van der Waals surface area contributed by atoms with E-state index in [0.29, 0.717) is 22.8 Å². The Bertz CT molecular complexity index is 1010. The summed E-state index contributed by atoms with van der Waals surface area (Å²) in [7, 11) is 0. The highest BCUT2D eigenvalue weighted by Crippen LogP contribution is 2.23. The van der Waals surface area contributed by atoms with Gasteiger partial charge in [0.25, 0.3) is 5.56 Å². The minimum atomic E-state index is -0.182. The highest BCUT2D eigenvalue weighted by molar-refractivity contribution is 5.73. The Morgan fingerprint density at radius 2 is 2.00 bits per heavy atom. The van der Waals surface area contributed by atoms with Gasteiger partial charge < -0.3 is 4.42 Å². The van der Waals surface area contributed by atoms with E-state index in [4.69, 9.17) is 4.42 Å². The van der Waals surface area contributed by atoms with Crippen LogP contribution in [0.4, 0.5) is 0 Å². The summed E-state index contributed by atoms with van der Waals surface area (Å²) in [5.41, 5.74) is 3.25. The fraction of sp³-hybridized carbons (Fsp3) is 0.0625. The summed E-state index contributed by atoms with van der Waals surface area (Å²) in [6.07, 6.45) is 3.24. The molecular formula is C16H12N4O2. The van der Waals surface area contributed by atoms with Crippen LogP contribution in [-0.2, 0) is 0 Å². The molecule has 0 unspecified atom stereocenters. The van der Waals surface area contributed by atoms with Crippen molar-refractivity contribution in [2.45, 2.75) is 6.92 Å². The Labute approximate surface area is 125 Å². The maximum Gasteiger partial charge on any atom is 0.273 e. The smallest absolute Gasteiger partial charge is 0.273 e. The summed E-state index contributed by atoms with van der Waals surface area (Å²) in [6.45, 7) is 1.84. The molecule has 3 heterocycles. The van der Waals surface area contributed by atoms with Gasteiger partial charge >= 0.3 is 0 Å². The van der Waals surface area contributed by atoms with Gasteiger partial charge in [0, 0.05) is 17.8 Å². The molecule has 0 spiro atoms. The lowest BCUT2D eigenvalue weighted by atomic mass is 10.1. The fourth-order valence-electron chi connectivity index (χ4n) is 2.37. The highest BCUT2D eigenvalue weighted by atomic mass is 16.3. The maximum atomic E-state index is 12.3. The van der Waals surface area contributed by atoms with Crippen LogP contribution >= 0.6 is 0 Å². The van der Waals surface area contributed by atoms with E-state index in [0.717, 1.165) is 11.3 Å². The number of aromatic amines is 1. The molecule has 0 atom stereocenters. The summed E-state index contributed by atoms with van der Waals surface area (Å²) in [5, 5.41) is 2.88. The predicted molar refractivity (Wildman–Crippen MR) is 81.5 cm³/mol. The topological polar surface area (TPSA) is 76.2 Å². The fourth-order valence-corrected chi connectivity index (χ4v) is 2.37. The van der Waals surface area contributed by atoms with Gasteiger partial charge in [-0.3, -0.25) is 9.89 Å². The second kappa shape index (κ2) is 4.70. The molecule has 0 aliphatic rings. The molecule has 108 valence electrons. The van der Waals surface area contributed by atoms with E-state index in [2.05, 4.69) is 15.1 Å². The number of hydrogen-bond acceptors (Lipinski definition) is 4. The molecule has 1 aromatic carbocycles. The third kappa shape index (κ3) is 1.93. The van der Waals surface area contributed by atoms with Gasteiger partial charge in [0.2, 0.25) is 5.89 Å². The molecular weight excluding hydrogens is 280 g/mol. The standard InChI is InChI=1S/C16H12N4O2/c1-10-9-22-16(18-10)12-8-17-20-14(21)7-13(19-15(12)20)11-5-3-2-4-6-11/h2-9,17H,1H3. The molecule has 0 amide bonds. The van der Waals surface area contributed by atoms with Crippen molar-refractivity contribution >= 4 is 5.65 Å². The molecule has 6 nitrogen and oxygen atoms in total. The number of fused-ring (bicyclic) bond motifs is 1. The molecule has 1 N–H and O–H groups in total. The maximum absolute atomic E-state index is 12.3. The van der Waals surface area contributed by atoms with E-state index in [1.54, 1.807) is 12.5 Å². The SMILES string of the molecule is Cc1coc(-c2c[nH]n3c(=O)cc(-c4ccccc4)nc23)n1. The number of aromatic nitrogens is 4. The summed E-state index contributed by atoms with van der Waals surface area (Å²) < 4.78 is 6.79. The van der Waals surface area contributed by atoms with Crippen molar-refractivity contribution in [2.24, 2.45) is 0 Å². The van der Waals surface area contributed by atoms with Crippen LogP contribution in [0.5, 0.6) is 0 Å². The van der Waals surface area contributed by atoms with Gasteiger partial charge in [0.05, 0.1) is 17.0 Å². The van der Waals surface area contributed by atoms with E-state index in [1.807, 2.05) is 37.3 Å². The van der Waals surface area contributed by atoms with Gasteiger partial charge in [-0.1, -0.05) is 30.3 Å². The van der Waals surface area contributed by atoms with E-state index in [-0.39, 0.29) is 5.56 Å². The first-order chi connectivity index (χ1) is 10.7. The Balaban J connectivity index is 1.98. The van der Waals surface area contributed by atoms with Gasteiger partial charge in [0.1, 0.15) is 6.26 Å². The largest absolute Gasteiger partial charge is 0.444 e. The number of nitrogens with one attached hydrogen (secondary N) is 1. The van der Waals surface area contributed by atoms with Crippen LogP contribution in [0.3, 0.4) is 0 Å². The average Bonchev–Trinajstić information content (AvgIpc) is 3.14. The normalized spacial score (nSPS) is 11.1. The van der Waals surface area contributed by atoms with Crippen molar-refractivity contribution in [1.29, 1.82) is 0 Å². The van der Waals surface area contributed by atoms with Crippen LogP contribution in [0.1, 0.15) is 5.69 Å². The molecule has 22 heavy (non-hydrogen) atoms. The predicted octanol–water partition coefficient (Wildman–Crippen LogP) is 2.65. The zero-order valence-electron chi connectivity index (χ0n) is 11.8. The van der Waals surface area contributed by atoms with Crippen LogP contribution in [-0.4, -0.2) is 19.6 Å². The van der Waals surface area contributed by atoms with Crippen LogP contribution in [0, 0.1) is 6.92 Å². The van der Waals surface area contributed by atoms with Gasteiger partial charge in [-0.2, -0.15) is 0 Å². The third-order valence-electron chi connectivity index (χ3n) is 3.42. The minimum Gasteiger partial charge on any atom is -0.444 e. The van der Waals surface area contributed by atoms with E-state index in [9.17, 15) is 4.79 Å². The number of oxazole rings is 1. The molecule has 0 bridgehead atoms. The average molecular weight is 292 g/mol. The Kier molecular flexibility index (Phi) is 2.69. The number of hydrogen-bond donors (Lipinski definition) is 1. The summed E-state index contributed by atoms with van der Waals surface area (Å²) >= 11 is 0. The second-order valence-corrected chi connectivity index (χ2v) is 4.99. The first-order valence-electron chi connectivity index (χ1n) is 6.81. The second-order valence-electron chi connectivity index (χ2n) is 4.99. The molecule has 4 aromatic rings. The number of benzene rings is 1. The van der Waals surface area contributed by atoms with Gasteiger partial charge in [-0.05, 0) is 6.92 Å². The van der Waals surface area contributed by atoms with Crippen LogP contribution in [0.2, 0.25) is 0 Å². The molecule has 6 heteroatoms. The Hall–Kier alpha value is -3.15. The zero-order valence-corrected chi connectivity index (χ0v) is 11.8. The molecule has 0 aliphatic carbocycles. The van der Waals surface area contributed by atoms with Gasteiger partial charge in [0.15, 0.2) is 5.65 Å². The summed E-state index contributed by atoms with van der Waals surface area (Å²) in [4.78, 5) is 21.1. The first kappa shape index (κ1) is 12.6. The van der Waals surface area contributed by atoms with E-state index in [1.165, 1.54) is 10.6 Å². The number of aryl methyl sites for hydroxylation is 1. The van der Waals surface area contributed by atoms with Crippen molar-refractivity contribution in [3.8, 4) is 22.7 Å². The highest BCUT2D eigenvalue weighted by Gasteiger charge is 2.15. The quantitative estimate of drug-likeness (QED) is 0.616. The third-order valence-corrected chi connectivity index (χ3v) is 3.42. The Morgan fingerprint density at radius 1 is 1.18 bits per heavy atom. The number of rotatable bonds is 2. The van der Waals surface area contributed by atoms with E-state index < -0.39 is 0 Å². The molecule has 0 radical (unpaired) electrons.